The largest absolute Gasteiger partial charge is 0.508 e. The molecule has 2 aliphatic heterocycles. The molecule has 4 aliphatic rings. The quantitative estimate of drug-likeness (QED) is 0.145. The molecule has 51 heavy (non-hydrogen) atoms. The van der Waals surface area contributed by atoms with Gasteiger partial charge in [0.05, 0.1) is 35.4 Å². The van der Waals surface area contributed by atoms with Crippen LogP contribution in [0.4, 0.5) is 5.69 Å². The van der Waals surface area contributed by atoms with Crippen molar-refractivity contribution in [1.82, 2.24) is 9.91 Å². The van der Waals surface area contributed by atoms with E-state index in [0.717, 1.165) is 31.8 Å². The second-order valence-electron chi connectivity index (χ2n) is 14.2. The molecular formula is C42H35N3O5S. The van der Waals surface area contributed by atoms with Crippen LogP contribution in [0.5, 0.6) is 5.75 Å². The molecular weight excluding hydrogens is 659 g/mol. The smallest absolute Gasteiger partial charge is 0.260 e. The lowest BCUT2D eigenvalue weighted by molar-refractivity contribution is -0.141. The van der Waals surface area contributed by atoms with Crippen LogP contribution in [-0.2, 0) is 31.1 Å². The standard InChI is InChI=1S/C42H35N3O5S/c1-24-13-16-27(17-14-24)43-45-39(48)33-22-32-30(18-19-31-35(32)40(49)44(38(31)47)23-28-11-7-21-51-28)37(42(33,41(45)50)26-9-3-2-4-10-26)36-29-12-6-5-8-25(29)15-20-34(36)46/h2-18,20-21,31-33,35,37,43,46H,19,22-23H2,1H3. The van der Waals surface area contributed by atoms with Gasteiger partial charge in [0.15, 0.2) is 0 Å². The highest BCUT2D eigenvalue weighted by Crippen LogP contribution is 2.65. The van der Waals surface area contributed by atoms with Crippen molar-refractivity contribution >= 4 is 51.4 Å². The number of hydrogen-bond acceptors (Lipinski definition) is 7. The lowest BCUT2D eigenvalue weighted by Crippen LogP contribution is -2.53. The second kappa shape index (κ2) is 11.8. The average molecular weight is 694 g/mol. The highest BCUT2D eigenvalue weighted by Gasteiger charge is 2.70. The lowest BCUT2D eigenvalue weighted by atomic mass is 9.48. The van der Waals surface area contributed by atoms with Gasteiger partial charge in [0, 0.05) is 16.4 Å². The van der Waals surface area contributed by atoms with Crippen LogP contribution >= 0.6 is 11.3 Å². The number of imide groups is 2. The molecule has 5 aromatic rings. The minimum absolute atomic E-state index is 0.00905. The summed E-state index contributed by atoms with van der Waals surface area (Å²) in [5.74, 6) is -4.72. The van der Waals surface area contributed by atoms with Gasteiger partial charge in [-0.3, -0.25) is 29.5 Å². The monoisotopic (exact) mass is 693 g/mol. The summed E-state index contributed by atoms with van der Waals surface area (Å²) >= 11 is 1.50. The minimum atomic E-state index is -1.46. The van der Waals surface area contributed by atoms with Crippen LogP contribution in [0.25, 0.3) is 10.8 Å². The Balaban J connectivity index is 1.27. The van der Waals surface area contributed by atoms with Gasteiger partial charge in [0.1, 0.15) is 5.75 Å². The molecule has 2 N–H and O–H groups in total. The van der Waals surface area contributed by atoms with Crippen molar-refractivity contribution in [3.05, 3.63) is 142 Å². The first-order valence-electron chi connectivity index (χ1n) is 17.3. The predicted octanol–water partition coefficient (Wildman–Crippen LogP) is 7.10. The van der Waals surface area contributed by atoms with Gasteiger partial charge >= 0.3 is 0 Å². The van der Waals surface area contributed by atoms with Gasteiger partial charge in [-0.25, -0.2) is 0 Å². The number of hydrazine groups is 1. The van der Waals surface area contributed by atoms with E-state index in [1.807, 2.05) is 115 Å². The van der Waals surface area contributed by atoms with Crippen molar-refractivity contribution in [2.24, 2.45) is 23.7 Å². The number of nitrogens with one attached hydrogen (secondary N) is 1. The van der Waals surface area contributed by atoms with Crippen molar-refractivity contribution in [3.63, 3.8) is 0 Å². The van der Waals surface area contributed by atoms with Crippen LogP contribution in [0.15, 0.2) is 120 Å². The van der Waals surface area contributed by atoms with Crippen LogP contribution < -0.4 is 5.43 Å². The number of nitrogens with zero attached hydrogens (tertiary/aromatic N) is 2. The fourth-order valence-corrected chi connectivity index (χ4v) is 10.1. The first-order chi connectivity index (χ1) is 24.8. The third kappa shape index (κ3) is 4.57. The Bertz CT molecular complexity index is 2270. The number of rotatable bonds is 6. The van der Waals surface area contributed by atoms with Crippen LogP contribution in [-0.4, -0.2) is 38.6 Å². The predicted molar refractivity (Wildman–Crippen MR) is 194 cm³/mol. The van der Waals surface area contributed by atoms with Crippen molar-refractivity contribution < 1.29 is 24.3 Å². The maximum atomic E-state index is 15.4. The third-order valence-corrected chi connectivity index (χ3v) is 12.5. The number of thiophene rings is 1. The Morgan fingerprint density at radius 1 is 0.824 bits per heavy atom. The van der Waals surface area contributed by atoms with Crippen LogP contribution in [0.2, 0.25) is 0 Å². The Hall–Kier alpha value is -5.54. The van der Waals surface area contributed by atoms with Crippen molar-refractivity contribution in [3.8, 4) is 5.75 Å². The van der Waals surface area contributed by atoms with Crippen molar-refractivity contribution in [2.45, 2.75) is 37.6 Å². The molecule has 3 fully saturated rings. The normalized spacial score (nSPS) is 27.0. The summed E-state index contributed by atoms with van der Waals surface area (Å²) in [5, 5.41) is 16.6. The summed E-state index contributed by atoms with van der Waals surface area (Å²) in [5.41, 5.74) is 5.33. The van der Waals surface area contributed by atoms with Gasteiger partial charge in [-0.15, -0.1) is 11.3 Å². The number of aromatic hydroxyl groups is 1. The van der Waals surface area contributed by atoms with Crippen LogP contribution in [0, 0.1) is 30.6 Å². The number of phenolic OH excluding ortho intramolecular Hbond substituents is 1. The van der Waals surface area contributed by atoms with E-state index in [4.69, 9.17) is 0 Å². The third-order valence-electron chi connectivity index (χ3n) is 11.6. The van der Waals surface area contributed by atoms with E-state index in [-0.39, 0.29) is 30.5 Å². The highest BCUT2D eigenvalue weighted by molar-refractivity contribution is 7.09. The molecule has 254 valence electrons. The molecule has 0 bridgehead atoms. The van der Waals surface area contributed by atoms with E-state index in [0.29, 0.717) is 23.2 Å². The Morgan fingerprint density at radius 3 is 2.35 bits per heavy atom. The lowest BCUT2D eigenvalue weighted by Gasteiger charge is -2.51. The fraction of sp³-hybridized carbons (Fsp3) is 0.238. The molecule has 9 rings (SSSR count). The molecule has 0 spiro atoms. The molecule has 1 aromatic heterocycles. The molecule has 4 amide bonds. The Labute approximate surface area is 299 Å². The number of hydrogen-bond donors (Lipinski definition) is 2. The summed E-state index contributed by atoms with van der Waals surface area (Å²) in [6.45, 7) is 2.18. The van der Waals surface area contributed by atoms with Gasteiger partial charge in [0.2, 0.25) is 11.8 Å². The Kier molecular flexibility index (Phi) is 7.26. The van der Waals surface area contributed by atoms with Gasteiger partial charge in [0.25, 0.3) is 11.8 Å². The van der Waals surface area contributed by atoms with E-state index < -0.39 is 46.8 Å². The van der Waals surface area contributed by atoms with Crippen molar-refractivity contribution in [1.29, 1.82) is 0 Å². The molecule has 2 aliphatic carbocycles. The number of carbonyl (C=O) groups excluding carboxylic acids is 4. The number of anilines is 1. The molecule has 2 saturated heterocycles. The summed E-state index contributed by atoms with van der Waals surface area (Å²) in [6, 6.07) is 31.9. The minimum Gasteiger partial charge on any atom is -0.508 e. The Morgan fingerprint density at radius 2 is 1.59 bits per heavy atom. The molecule has 4 aromatic carbocycles. The first-order valence-corrected chi connectivity index (χ1v) is 18.2. The zero-order valence-corrected chi connectivity index (χ0v) is 28.7. The highest BCUT2D eigenvalue weighted by atomic mass is 32.1. The fourth-order valence-electron chi connectivity index (χ4n) is 9.43. The van der Waals surface area contributed by atoms with E-state index in [1.54, 1.807) is 6.07 Å². The number of aryl methyl sites for hydroxylation is 1. The molecule has 6 unspecified atom stereocenters. The second-order valence-corrected chi connectivity index (χ2v) is 15.2. The number of fused-ring (bicyclic) bond motifs is 5. The number of benzene rings is 4. The van der Waals surface area contributed by atoms with Gasteiger partial charge < -0.3 is 5.11 Å². The number of likely N-dealkylation sites (tertiary alicyclic amines) is 1. The van der Waals surface area contributed by atoms with E-state index in [9.17, 15) is 19.5 Å². The van der Waals surface area contributed by atoms with E-state index in [2.05, 4.69) is 5.43 Å². The molecule has 3 heterocycles. The maximum absolute atomic E-state index is 15.4. The summed E-state index contributed by atoms with van der Waals surface area (Å²) in [4.78, 5) is 61.0. The average Bonchev–Trinajstić information content (AvgIpc) is 3.81. The number of phenols is 1. The number of allylic oxidation sites excluding steroid dienone is 2. The van der Waals surface area contributed by atoms with Gasteiger partial charge in [-0.2, -0.15) is 5.01 Å². The number of amides is 4. The van der Waals surface area contributed by atoms with Gasteiger partial charge in [-0.05, 0) is 71.7 Å². The summed E-state index contributed by atoms with van der Waals surface area (Å²) in [7, 11) is 0. The van der Waals surface area contributed by atoms with Crippen LogP contribution in [0.3, 0.4) is 0 Å². The van der Waals surface area contributed by atoms with E-state index in [1.165, 1.54) is 16.2 Å². The molecule has 0 radical (unpaired) electrons. The SMILES string of the molecule is Cc1ccc(NN2C(=O)C3CC4C(=CCC5C(=O)N(Cc6cccs6)C(=O)C54)C(c4c(O)ccc5ccccc45)C3(c3ccccc3)C2=O)cc1. The molecule has 8 nitrogen and oxygen atoms in total. The molecule has 6 atom stereocenters. The first kappa shape index (κ1) is 31.4. The van der Waals surface area contributed by atoms with E-state index >= 15 is 4.79 Å². The van der Waals surface area contributed by atoms with Gasteiger partial charge in [-0.1, -0.05) is 96.1 Å². The summed E-state index contributed by atoms with van der Waals surface area (Å²) in [6.07, 6.45) is 2.56. The topological polar surface area (TPSA) is 107 Å². The zero-order valence-electron chi connectivity index (χ0n) is 27.9. The maximum Gasteiger partial charge on any atom is 0.260 e. The zero-order chi connectivity index (χ0) is 35.0. The summed E-state index contributed by atoms with van der Waals surface area (Å²) < 4.78 is 0. The van der Waals surface area contributed by atoms with Crippen molar-refractivity contribution in [2.75, 3.05) is 5.43 Å². The molecule has 1 saturated carbocycles. The molecule has 9 heteroatoms. The number of carbonyl (C=O) groups is 4. The van der Waals surface area contributed by atoms with Crippen LogP contribution in [0.1, 0.15) is 40.3 Å².